The highest BCUT2D eigenvalue weighted by Crippen LogP contribution is 2.27. The first kappa shape index (κ1) is 27.2. The number of hydrogen-bond donors (Lipinski definition) is 3. The molecule has 7 heteroatoms. The first-order valence-electron chi connectivity index (χ1n) is 11.8. The molecule has 0 saturated carbocycles. The third kappa shape index (κ3) is 8.10. The van der Waals surface area contributed by atoms with Gasteiger partial charge >= 0.3 is 5.97 Å². The number of carbonyl (C=O) groups is 1. The first-order chi connectivity index (χ1) is 17.2. The van der Waals surface area contributed by atoms with Crippen LogP contribution in [0.1, 0.15) is 48.2 Å². The predicted octanol–water partition coefficient (Wildman–Crippen LogP) is 5.71. The minimum Gasteiger partial charge on any atom is -0.489 e. The molecule has 0 saturated heterocycles. The first-order valence-corrected chi connectivity index (χ1v) is 12.2. The van der Waals surface area contributed by atoms with E-state index in [1.54, 1.807) is 30.3 Å². The second-order valence-electron chi connectivity index (χ2n) is 9.41. The lowest BCUT2D eigenvalue weighted by molar-refractivity contribution is 0.0697. The summed E-state index contributed by atoms with van der Waals surface area (Å²) in [6.45, 7) is 4.60. The number of nitrogens with one attached hydrogen (secondary N) is 1. The van der Waals surface area contributed by atoms with E-state index >= 15 is 0 Å². The summed E-state index contributed by atoms with van der Waals surface area (Å²) in [7, 11) is 0. The van der Waals surface area contributed by atoms with Crippen molar-refractivity contribution in [2.75, 3.05) is 13.2 Å². The Balaban J connectivity index is 1.51. The SMILES string of the molecule is CC(C)(CCCc1ccc(Cl)cc1)NCC(O)COc1cc(-c2ccc(C(=O)O)cc2)ccc1C#N. The molecule has 6 nitrogen and oxygen atoms in total. The number of aryl methyl sites for hydroxylation is 1. The average Bonchev–Trinajstić information content (AvgIpc) is 2.87. The van der Waals surface area contributed by atoms with Gasteiger partial charge in [-0.15, -0.1) is 0 Å². The molecule has 188 valence electrons. The zero-order valence-electron chi connectivity index (χ0n) is 20.5. The molecule has 1 atom stereocenters. The molecule has 36 heavy (non-hydrogen) atoms. The summed E-state index contributed by atoms with van der Waals surface area (Å²) in [5, 5.41) is 33.2. The highest BCUT2D eigenvalue weighted by atomic mass is 35.5. The number of nitriles is 1. The van der Waals surface area contributed by atoms with Crippen LogP contribution in [0.3, 0.4) is 0 Å². The number of ether oxygens (including phenoxy) is 1. The van der Waals surface area contributed by atoms with Crippen LogP contribution in [0, 0.1) is 11.3 Å². The zero-order valence-corrected chi connectivity index (χ0v) is 21.3. The van der Waals surface area contributed by atoms with Crippen molar-refractivity contribution < 1.29 is 19.7 Å². The van der Waals surface area contributed by atoms with Gasteiger partial charge in [-0.05, 0) is 86.2 Å². The van der Waals surface area contributed by atoms with Gasteiger partial charge in [-0.25, -0.2) is 4.79 Å². The van der Waals surface area contributed by atoms with Crippen LogP contribution in [0.5, 0.6) is 5.75 Å². The van der Waals surface area contributed by atoms with Gasteiger partial charge in [0.1, 0.15) is 24.5 Å². The van der Waals surface area contributed by atoms with Crippen LogP contribution in [-0.2, 0) is 6.42 Å². The van der Waals surface area contributed by atoms with Crippen molar-refractivity contribution in [2.24, 2.45) is 0 Å². The maximum Gasteiger partial charge on any atom is 0.335 e. The number of aromatic carboxylic acids is 1. The van der Waals surface area contributed by atoms with Crippen LogP contribution in [0.25, 0.3) is 11.1 Å². The molecule has 1 unspecified atom stereocenters. The van der Waals surface area contributed by atoms with Gasteiger partial charge in [-0.1, -0.05) is 41.9 Å². The van der Waals surface area contributed by atoms with Crippen molar-refractivity contribution >= 4 is 17.6 Å². The Kier molecular flexibility index (Phi) is 9.49. The van der Waals surface area contributed by atoms with Gasteiger partial charge in [0.05, 0.1) is 11.1 Å². The Morgan fingerprint density at radius 1 is 1.08 bits per heavy atom. The second-order valence-corrected chi connectivity index (χ2v) is 9.85. The molecule has 0 fully saturated rings. The topological polar surface area (TPSA) is 103 Å². The number of aliphatic hydroxyl groups excluding tert-OH is 1. The maximum absolute atomic E-state index is 11.1. The number of nitrogens with zero attached hydrogens (tertiary/aromatic N) is 1. The van der Waals surface area contributed by atoms with Crippen LogP contribution in [-0.4, -0.2) is 41.0 Å². The van der Waals surface area contributed by atoms with Crippen molar-refractivity contribution in [1.82, 2.24) is 5.32 Å². The molecule has 0 heterocycles. The lowest BCUT2D eigenvalue weighted by Gasteiger charge is -2.28. The summed E-state index contributed by atoms with van der Waals surface area (Å²) >= 11 is 5.94. The number of β-amino-alcohol motifs (C(OH)–C–C–N with tert-alkyl or cyclic N) is 1. The zero-order chi connectivity index (χ0) is 26.1. The molecule has 0 amide bonds. The summed E-state index contributed by atoms with van der Waals surface area (Å²) in [6.07, 6.45) is 2.13. The third-order valence-corrected chi connectivity index (χ3v) is 6.25. The molecule has 0 bridgehead atoms. The third-order valence-electron chi connectivity index (χ3n) is 6.00. The Bertz CT molecular complexity index is 1200. The summed E-state index contributed by atoms with van der Waals surface area (Å²) in [5.41, 5.74) is 3.24. The lowest BCUT2D eigenvalue weighted by Crippen LogP contribution is -2.44. The Labute approximate surface area is 217 Å². The van der Waals surface area contributed by atoms with Gasteiger partial charge in [0.15, 0.2) is 0 Å². The standard InChI is InChI=1S/C29H31ClN2O4/c1-29(2,15-3-4-20-5-13-25(30)14-6-20)32-18-26(33)19-36-27-16-23(11-12-24(27)17-31)21-7-9-22(10-8-21)28(34)35/h5-14,16,26,32-33H,3-4,15,18-19H2,1-2H3,(H,34,35). The summed E-state index contributed by atoms with van der Waals surface area (Å²) < 4.78 is 5.81. The molecule has 3 N–H and O–H groups in total. The minimum absolute atomic E-state index is 0.0317. The molecule has 0 aliphatic heterocycles. The highest BCUT2D eigenvalue weighted by molar-refractivity contribution is 6.30. The molecule has 3 aromatic carbocycles. The number of benzene rings is 3. The minimum atomic E-state index is -0.988. The van der Waals surface area contributed by atoms with Crippen LogP contribution >= 0.6 is 11.6 Å². The lowest BCUT2D eigenvalue weighted by atomic mass is 9.95. The fourth-order valence-electron chi connectivity index (χ4n) is 3.83. The molecule has 0 radical (unpaired) electrons. The van der Waals surface area contributed by atoms with Gasteiger partial charge in [0, 0.05) is 17.1 Å². The van der Waals surface area contributed by atoms with E-state index in [9.17, 15) is 15.2 Å². The van der Waals surface area contributed by atoms with E-state index in [4.69, 9.17) is 21.4 Å². The van der Waals surface area contributed by atoms with Crippen LogP contribution < -0.4 is 10.1 Å². The Morgan fingerprint density at radius 2 is 1.75 bits per heavy atom. The van der Waals surface area contributed by atoms with Crippen LogP contribution in [0.4, 0.5) is 0 Å². The summed E-state index contributed by atoms with van der Waals surface area (Å²) in [4.78, 5) is 11.1. The molecule has 3 aromatic rings. The average molecular weight is 507 g/mol. The van der Waals surface area contributed by atoms with Crippen molar-refractivity contribution in [2.45, 2.75) is 44.8 Å². The predicted molar refractivity (Wildman–Crippen MR) is 142 cm³/mol. The highest BCUT2D eigenvalue weighted by Gasteiger charge is 2.19. The Morgan fingerprint density at radius 3 is 2.39 bits per heavy atom. The van der Waals surface area contributed by atoms with E-state index in [1.165, 1.54) is 17.7 Å². The van der Waals surface area contributed by atoms with Gasteiger partial charge in [-0.2, -0.15) is 5.26 Å². The number of carboxylic acids is 1. The number of halogens is 1. The quantitative estimate of drug-likeness (QED) is 0.291. The molecular formula is C29H31ClN2O4. The summed E-state index contributed by atoms with van der Waals surface area (Å²) in [6, 6.07) is 21.7. The normalized spacial score (nSPS) is 12.1. The fraction of sp³-hybridized carbons (Fsp3) is 0.310. The number of aliphatic hydroxyl groups is 1. The number of rotatable bonds is 12. The Hall–Kier alpha value is -3.37. The van der Waals surface area contributed by atoms with E-state index in [2.05, 4.69) is 25.2 Å². The van der Waals surface area contributed by atoms with Crippen molar-refractivity contribution in [3.8, 4) is 22.9 Å². The fourth-order valence-corrected chi connectivity index (χ4v) is 3.96. The molecule has 3 rings (SSSR count). The van der Waals surface area contributed by atoms with Gasteiger partial charge in [-0.3, -0.25) is 0 Å². The van der Waals surface area contributed by atoms with E-state index in [0.717, 1.165) is 35.4 Å². The molecular weight excluding hydrogens is 476 g/mol. The monoisotopic (exact) mass is 506 g/mol. The van der Waals surface area contributed by atoms with Crippen molar-refractivity contribution in [3.63, 3.8) is 0 Å². The largest absolute Gasteiger partial charge is 0.489 e. The van der Waals surface area contributed by atoms with Gasteiger partial charge in [0.2, 0.25) is 0 Å². The second kappa shape index (κ2) is 12.5. The van der Waals surface area contributed by atoms with Crippen LogP contribution in [0.2, 0.25) is 5.02 Å². The van der Waals surface area contributed by atoms with Crippen molar-refractivity contribution in [3.05, 3.63) is 88.4 Å². The molecule has 0 spiro atoms. The van der Waals surface area contributed by atoms with Crippen molar-refractivity contribution in [1.29, 1.82) is 5.26 Å². The summed E-state index contributed by atoms with van der Waals surface area (Å²) in [5.74, 6) is -0.615. The van der Waals surface area contributed by atoms with E-state index in [0.29, 0.717) is 17.9 Å². The number of hydrogen-bond acceptors (Lipinski definition) is 5. The molecule has 0 aliphatic carbocycles. The van der Waals surface area contributed by atoms with Gasteiger partial charge < -0.3 is 20.3 Å². The van der Waals surface area contributed by atoms with E-state index in [-0.39, 0.29) is 17.7 Å². The molecule has 0 aromatic heterocycles. The van der Waals surface area contributed by atoms with E-state index < -0.39 is 12.1 Å². The van der Waals surface area contributed by atoms with Crippen LogP contribution in [0.15, 0.2) is 66.7 Å². The molecule has 0 aliphatic rings. The van der Waals surface area contributed by atoms with Gasteiger partial charge in [0.25, 0.3) is 0 Å². The number of carboxylic acid groups (broad SMARTS) is 1. The smallest absolute Gasteiger partial charge is 0.335 e. The maximum atomic E-state index is 11.1. The van der Waals surface area contributed by atoms with E-state index in [1.807, 2.05) is 24.3 Å².